The molecule has 20 heavy (non-hydrogen) atoms. The lowest BCUT2D eigenvalue weighted by molar-refractivity contribution is -0.384. The molecule has 1 heterocycles. The van der Waals surface area contributed by atoms with Crippen molar-refractivity contribution >= 4 is 27.6 Å². The van der Waals surface area contributed by atoms with Gasteiger partial charge in [-0.05, 0) is 28.1 Å². The van der Waals surface area contributed by atoms with Gasteiger partial charge in [0.2, 0.25) is 5.88 Å². The molecule has 0 radical (unpaired) electrons. The zero-order valence-electron chi connectivity index (χ0n) is 9.82. The van der Waals surface area contributed by atoms with Gasteiger partial charge in [-0.15, -0.1) is 0 Å². The fourth-order valence-corrected chi connectivity index (χ4v) is 1.72. The van der Waals surface area contributed by atoms with Gasteiger partial charge in [0.1, 0.15) is 0 Å². The number of rotatable bonds is 4. The van der Waals surface area contributed by atoms with E-state index < -0.39 is 10.9 Å². The van der Waals surface area contributed by atoms with E-state index in [0.717, 1.165) is 0 Å². The third-order valence-electron chi connectivity index (χ3n) is 2.32. The predicted molar refractivity (Wildman–Crippen MR) is 72.1 cm³/mol. The molecule has 0 saturated carbocycles. The van der Waals surface area contributed by atoms with Gasteiger partial charge in [0.15, 0.2) is 5.75 Å². The highest BCUT2D eigenvalue weighted by Crippen LogP contribution is 2.32. The van der Waals surface area contributed by atoms with Crippen LogP contribution in [0.25, 0.3) is 0 Å². The fourth-order valence-electron chi connectivity index (χ4n) is 1.39. The number of pyridine rings is 1. The maximum atomic E-state index is 10.8. The standard InChI is InChI=1S/C12H7BrN2O5/c13-9-2-1-8(15(18)19)6-10(9)20-11-5-7(12(16)17)3-4-14-11/h1-6H,(H,16,17). The molecule has 1 N–H and O–H groups in total. The van der Waals surface area contributed by atoms with Crippen LogP contribution in [-0.4, -0.2) is 21.0 Å². The summed E-state index contributed by atoms with van der Waals surface area (Å²) in [4.78, 5) is 24.8. The first-order chi connectivity index (χ1) is 9.47. The largest absolute Gasteiger partial charge is 0.478 e. The van der Waals surface area contributed by atoms with Crippen molar-refractivity contribution < 1.29 is 19.6 Å². The minimum absolute atomic E-state index is 0.0107. The Bertz CT molecular complexity index is 689. The van der Waals surface area contributed by atoms with Crippen LogP contribution in [0.4, 0.5) is 5.69 Å². The number of nitro groups is 1. The van der Waals surface area contributed by atoms with Crippen molar-refractivity contribution in [2.45, 2.75) is 0 Å². The summed E-state index contributed by atoms with van der Waals surface area (Å²) in [6.45, 7) is 0. The average Bonchev–Trinajstić information content (AvgIpc) is 2.41. The maximum Gasteiger partial charge on any atom is 0.335 e. The first-order valence-electron chi connectivity index (χ1n) is 5.28. The van der Waals surface area contributed by atoms with Gasteiger partial charge in [-0.2, -0.15) is 0 Å². The monoisotopic (exact) mass is 338 g/mol. The summed E-state index contributed by atoms with van der Waals surface area (Å²) in [5, 5.41) is 19.6. The molecule has 1 aromatic carbocycles. The van der Waals surface area contributed by atoms with E-state index in [-0.39, 0.29) is 22.9 Å². The number of aromatic nitrogens is 1. The van der Waals surface area contributed by atoms with Gasteiger partial charge in [-0.25, -0.2) is 9.78 Å². The zero-order chi connectivity index (χ0) is 14.7. The van der Waals surface area contributed by atoms with Crippen molar-refractivity contribution in [2.24, 2.45) is 0 Å². The quantitative estimate of drug-likeness (QED) is 0.678. The van der Waals surface area contributed by atoms with Crippen LogP contribution in [0.5, 0.6) is 11.6 Å². The number of non-ortho nitro benzene ring substituents is 1. The molecule has 0 unspecified atom stereocenters. The van der Waals surface area contributed by atoms with Gasteiger partial charge in [0.25, 0.3) is 5.69 Å². The van der Waals surface area contributed by atoms with Gasteiger partial charge < -0.3 is 9.84 Å². The van der Waals surface area contributed by atoms with Crippen molar-refractivity contribution in [2.75, 3.05) is 0 Å². The SMILES string of the molecule is O=C(O)c1ccnc(Oc2cc([N+](=O)[O-])ccc2Br)c1. The lowest BCUT2D eigenvalue weighted by atomic mass is 10.3. The van der Waals surface area contributed by atoms with E-state index in [1.54, 1.807) is 0 Å². The van der Waals surface area contributed by atoms with Crippen LogP contribution < -0.4 is 4.74 Å². The van der Waals surface area contributed by atoms with E-state index >= 15 is 0 Å². The van der Waals surface area contributed by atoms with Gasteiger partial charge in [-0.3, -0.25) is 10.1 Å². The van der Waals surface area contributed by atoms with Crippen LogP contribution in [-0.2, 0) is 0 Å². The third-order valence-corrected chi connectivity index (χ3v) is 2.98. The highest BCUT2D eigenvalue weighted by Gasteiger charge is 2.12. The van der Waals surface area contributed by atoms with Crippen LogP contribution in [0, 0.1) is 10.1 Å². The Morgan fingerprint density at radius 1 is 1.35 bits per heavy atom. The number of ether oxygens (including phenoxy) is 1. The van der Waals surface area contributed by atoms with Crippen molar-refractivity contribution in [3.05, 3.63) is 56.7 Å². The average molecular weight is 339 g/mol. The Labute approximate surface area is 121 Å². The fraction of sp³-hybridized carbons (Fsp3) is 0. The van der Waals surface area contributed by atoms with Crippen LogP contribution >= 0.6 is 15.9 Å². The number of carbonyl (C=O) groups is 1. The Kier molecular flexibility index (Phi) is 3.94. The first kappa shape index (κ1) is 13.9. The van der Waals surface area contributed by atoms with E-state index in [4.69, 9.17) is 9.84 Å². The summed E-state index contributed by atoms with van der Waals surface area (Å²) in [6.07, 6.45) is 1.28. The van der Waals surface area contributed by atoms with Crippen molar-refractivity contribution in [3.8, 4) is 11.6 Å². The Morgan fingerprint density at radius 2 is 2.10 bits per heavy atom. The molecule has 0 aliphatic rings. The van der Waals surface area contributed by atoms with E-state index in [1.807, 2.05) is 0 Å². The molecule has 0 amide bonds. The molecule has 102 valence electrons. The number of halogens is 1. The Balaban J connectivity index is 2.34. The minimum atomic E-state index is -1.12. The Morgan fingerprint density at radius 3 is 2.75 bits per heavy atom. The molecule has 2 aromatic rings. The molecule has 0 fully saturated rings. The third kappa shape index (κ3) is 3.09. The number of carboxylic acid groups (broad SMARTS) is 1. The number of aromatic carboxylic acids is 1. The van der Waals surface area contributed by atoms with Gasteiger partial charge in [-0.1, -0.05) is 0 Å². The molecule has 2 rings (SSSR count). The van der Waals surface area contributed by atoms with Gasteiger partial charge in [0.05, 0.1) is 21.0 Å². The summed E-state index contributed by atoms with van der Waals surface area (Å²) in [6, 6.07) is 6.55. The van der Waals surface area contributed by atoms with Crippen LogP contribution in [0.15, 0.2) is 41.0 Å². The van der Waals surface area contributed by atoms with Crippen molar-refractivity contribution in [1.29, 1.82) is 0 Å². The number of nitro benzene ring substituents is 1. The summed E-state index contributed by atoms with van der Waals surface area (Å²) in [5.41, 5.74) is -0.130. The van der Waals surface area contributed by atoms with Crippen LogP contribution in [0.1, 0.15) is 10.4 Å². The molecule has 8 heteroatoms. The summed E-state index contributed by atoms with van der Waals surface area (Å²) < 4.78 is 5.86. The van der Waals surface area contributed by atoms with Crippen LogP contribution in [0.3, 0.4) is 0 Å². The second kappa shape index (κ2) is 5.66. The van der Waals surface area contributed by atoms with Crippen LogP contribution in [0.2, 0.25) is 0 Å². The zero-order valence-corrected chi connectivity index (χ0v) is 11.4. The second-order valence-electron chi connectivity index (χ2n) is 3.66. The molecule has 0 aliphatic carbocycles. The molecule has 0 saturated heterocycles. The normalized spacial score (nSPS) is 10.1. The lowest BCUT2D eigenvalue weighted by Crippen LogP contribution is -1.98. The summed E-state index contributed by atoms with van der Waals surface area (Å²) in [7, 11) is 0. The molecular weight excluding hydrogens is 332 g/mol. The van der Waals surface area contributed by atoms with E-state index in [1.165, 1.54) is 36.5 Å². The van der Waals surface area contributed by atoms with Gasteiger partial charge >= 0.3 is 5.97 Å². The minimum Gasteiger partial charge on any atom is -0.478 e. The molecule has 0 atom stereocenters. The number of carboxylic acids is 1. The first-order valence-corrected chi connectivity index (χ1v) is 6.08. The number of nitrogens with zero attached hydrogens (tertiary/aromatic N) is 2. The number of hydrogen-bond donors (Lipinski definition) is 1. The molecule has 0 bridgehead atoms. The lowest BCUT2D eigenvalue weighted by Gasteiger charge is -2.07. The topological polar surface area (TPSA) is 103 Å². The van der Waals surface area contributed by atoms with E-state index in [0.29, 0.717) is 4.47 Å². The molecule has 1 aromatic heterocycles. The maximum absolute atomic E-state index is 10.8. The van der Waals surface area contributed by atoms with Crippen molar-refractivity contribution in [3.63, 3.8) is 0 Å². The number of benzene rings is 1. The highest BCUT2D eigenvalue weighted by molar-refractivity contribution is 9.10. The predicted octanol–water partition coefficient (Wildman–Crippen LogP) is 3.24. The van der Waals surface area contributed by atoms with Gasteiger partial charge in [0, 0.05) is 18.3 Å². The number of hydrogen-bond acceptors (Lipinski definition) is 5. The van der Waals surface area contributed by atoms with E-state index in [2.05, 4.69) is 20.9 Å². The summed E-state index contributed by atoms with van der Waals surface area (Å²) >= 11 is 3.19. The Hall–Kier alpha value is -2.48. The van der Waals surface area contributed by atoms with Crippen molar-refractivity contribution in [1.82, 2.24) is 4.98 Å². The molecular formula is C12H7BrN2O5. The highest BCUT2D eigenvalue weighted by atomic mass is 79.9. The molecule has 7 nitrogen and oxygen atoms in total. The second-order valence-corrected chi connectivity index (χ2v) is 4.52. The summed E-state index contributed by atoms with van der Waals surface area (Å²) in [5.74, 6) is -0.907. The smallest absolute Gasteiger partial charge is 0.335 e. The molecule has 0 aliphatic heterocycles. The van der Waals surface area contributed by atoms with E-state index in [9.17, 15) is 14.9 Å². The molecule has 0 spiro atoms.